The van der Waals surface area contributed by atoms with Crippen molar-refractivity contribution in [1.29, 1.82) is 0 Å². The molecule has 7 nitrogen and oxygen atoms in total. The third kappa shape index (κ3) is 4.45. The van der Waals surface area contributed by atoms with Gasteiger partial charge >= 0.3 is 5.63 Å². The molecule has 3 N–H and O–H groups in total. The first kappa shape index (κ1) is 19.3. The standard InChI is InChI=1S/C19H22N2O5S/c1-12-11-16(14-3-2-4-14)26-19(23)17(12)18(22)21-10-9-13-5-7-15(8-6-13)27(20,24)25/h5-8,11,14H,2-4,9-10H2,1H3,(H,21,22)(H2,20,24,25). The van der Waals surface area contributed by atoms with Gasteiger partial charge in [-0.15, -0.1) is 0 Å². The van der Waals surface area contributed by atoms with Crippen LogP contribution >= 0.6 is 0 Å². The normalized spacial score (nSPS) is 14.6. The third-order valence-electron chi connectivity index (χ3n) is 4.85. The second kappa shape index (κ2) is 7.66. The number of aryl methyl sites for hydroxylation is 1. The van der Waals surface area contributed by atoms with Crippen LogP contribution < -0.4 is 16.1 Å². The Bertz CT molecular complexity index is 1010. The Labute approximate surface area is 157 Å². The number of rotatable bonds is 6. The summed E-state index contributed by atoms with van der Waals surface area (Å²) in [7, 11) is -3.72. The molecule has 0 saturated heterocycles. The van der Waals surface area contributed by atoms with Gasteiger partial charge in [-0.05, 0) is 55.5 Å². The predicted octanol–water partition coefficient (Wildman–Crippen LogP) is 1.84. The highest BCUT2D eigenvalue weighted by Crippen LogP contribution is 2.36. The van der Waals surface area contributed by atoms with Crippen molar-refractivity contribution >= 4 is 15.9 Å². The highest BCUT2D eigenvalue weighted by Gasteiger charge is 2.25. The van der Waals surface area contributed by atoms with Crippen LogP contribution in [0.2, 0.25) is 0 Å². The van der Waals surface area contributed by atoms with Gasteiger partial charge in [0.2, 0.25) is 10.0 Å². The minimum absolute atomic E-state index is 0.0302. The van der Waals surface area contributed by atoms with Crippen LogP contribution in [0.4, 0.5) is 0 Å². The number of nitrogens with one attached hydrogen (secondary N) is 1. The van der Waals surface area contributed by atoms with Gasteiger partial charge in [0.05, 0.1) is 4.90 Å². The zero-order chi connectivity index (χ0) is 19.6. The molecule has 1 amide bonds. The molecule has 1 heterocycles. The van der Waals surface area contributed by atoms with Crippen LogP contribution in [0.5, 0.6) is 0 Å². The van der Waals surface area contributed by atoms with Crippen molar-refractivity contribution in [2.24, 2.45) is 5.14 Å². The summed E-state index contributed by atoms with van der Waals surface area (Å²) in [6, 6.07) is 7.90. The number of carbonyl (C=O) groups excluding carboxylic acids is 1. The number of primary sulfonamides is 1. The lowest BCUT2D eigenvalue weighted by Crippen LogP contribution is -2.31. The van der Waals surface area contributed by atoms with E-state index in [1.165, 1.54) is 12.1 Å². The average molecular weight is 390 g/mol. The van der Waals surface area contributed by atoms with Crippen LogP contribution in [-0.4, -0.2) is 20.9 Å². The average Bonchev–Trinajstić information content (AvgIpc) is 2.52. The van der Waals surface area contributed by atoms with Gasteiger partial charge in [-0.2, -0.15) is 0 Å². The first-order chi connectivity index (χ1) is 12.8. The maximum atomic E-state index is 12.4. The van der Waals surface area contributed by atoms with Gasteiger partial charge in [0.1, 0.15) is 11.3 Å². The molecule has 0 atom stereocenters. The van der Waals surface area contributed by atoms with Crippen molar-refractivity contribution in [3.8, 4) is 0 Å². The molecule has 8 heteroatoms. The lowest BCUT2D eigenvalue weighted by atomic mass is 9.83. The Morgan fingerprint density at radius 1 is 1.26 bits per heavy atom. The molecular weight excluding hydrogens is 368 g/mol. The van der Waals surface area contributed by atoms with Crippen LogP contribution in [0.25, 0.3) is 0 Å². The van der Waals surface area contributed by atoms with Crippen molar-refractivity contribution in [1.82, 2.24) is 5.32 Å². The van der Waals surface area contributed by atoms with Gasteiger partial charge in [-0.1, -0.05) is 18.6 Å². The van der Waals surface area contributed by atoms with Crippen LogP contribution in [0, 0.1) is 6.92 Å². The number of sulfonamides is 1. The fraction of sp³-hybridized carbons (Fsp3) is 0.368. The number of amides is 1. The van der Waals surface area contributed by atoms with E-state index in [9.17, 15) is 18.0 Å². The summed E-state index contributed by atoms with van der Waals surface area (Å²) < 4.78 is 27.8. The van der Waals surface area contributed by atoms with E-state index in [1.807, 2.05) is 0 Å². The lowest BCUT2D eigenvalue weighted by molar-refractivity contribution is 0.0948. The first-order valence-electron chi connectivity index (χ1n) is 8.80. The molecule has 27 heavy (non-hydrogen) atoms. The monoisotopic (exact) mass is 390 g/mol. The zero-order valence-electron chi connectivity index (χ0n) is 15.0. The summed E-state index contributed by atoms with van der Waals surface area (Å²) in [5.74, 6) is 0.478. The van der Waals surface area contributed by atoms with Crippen molar-refractivity contribution in [2.75, 3.05) is 6.54 Å². The first-order valence-corrected chi connectivity index (χ1v) is 10.3. The fourth-order valence-corrected chi connectivity index (χ4v) is 3.57. The number of carbonyl (C=O) groups is 1. The van der Waals surface area contributed by atoms with E-state index < -0.39 is 21.6 Å². The number of benzene rings is 1. The maximum Gasteiger partial charge on any atom is 0.349 e. The summed E-state index contributed by atoms with van der Waals surface area (Å²) in [5, 5.41) is 7.77. The van der Waals surface area contributed by atoms with Crippen LogP contribution in [-0.2, 0) is 16.4 Å². The van der Waals surface area contributed by atoms with Gasteiger partial charge < -0.3 is 9.73 Å². The van der Waals surface area contributed by atoms with E-state index >= 15 is 0 Å². The molecular formula is C19H22N2O5S. The molecule has 0 unspecified atom stereocenters. The van der Waals surface area contributed by atoms with Gasteiger partial charge in [0.25, 0.3) is 5.91 Å². The molecule has 3 rings (SSSR count). The van der Waals surface area contributed by atoms with E-state index in [1.54, 1.807) is 25.1 Å². The number of hydrogen-bond donors (Lipinski definition) is 2. The minimum atomic E-state index is -3.72. The summed E-state index contributed by atoms with van der Waals surface area (Å²) in [6.45, 7) is 2.04. The van der Waals surface area contributed by atoms with Gasteiger partial charge in [-0.25, -0.2) is 18.4 Å². The molecule has 1 fully saturated rings. The van der Waals surface area contributed by atoms with Gasteiger partial charge in [0.15, 0.2) is 0 Å². The largest absolute Gasteiger partial charge is 0.427 e. The van der Waals surface area contributed by atoms with E-state index in [2.05, 4.69) is 5.32 Å². The van der Waals surface area contributed by atoms with E-state index in [4.69, 9.17) is 9.56 Å². The molecule has 1 aromatic carbocycles. The second-order valence-electron chi connectivity index (χ2n) is 6.82. The Morgan fingerprint density at radius 3 is 2.44 bits per heavy atom. The van der Waals surface area contributed by atoms with Crippen molar-refractivity contribution in [2.45, 2.75) is 43.4 Å². The van der Waals surface area contributed by atoms with Crippen LogP contribution in [0.15, 0.2) is 44.4 Å². The van der Waals surface area contributed by atoms with Crippen molar-refractivity contribution in [3.05, 3.63) is 63.2 Å². The highest BCUT2D eigenvalue weighted by atomic mass is 32.2. The number of nitrogens with two attached hydrogens (primary N) is 1. The Hall–Kier alpha value is -2.45. The molecule has 1 aromatic heterocycles. The number of hydrogen-bond acceptors (Lipinski definition) is 5. The van der Waals surface area contributed by atoms with Crippen LogP contribution in [0.1, 0.15) is 52.4 Å². The zero-order valence-corrected chi connectivity index (χ0v) is 15.8. The van der Waals surface area contributed by atoms with E-state index in [-0.39, 0.29) is 16.4 Å². The van der Waals surface area contributed by atoms with Gasteiger partial charge in [-0.3, -0.25) is 4.79 Å². The Kier molecular flexibility index (Phi) is 5.48. The summed E-state index contributed by atoms with van der Waals surface area (Å²) in [4.78, 5) is 24.6. The van der Waals surface area contributed by atoms with Crippen LogP contribution in [0.3, 0.4) is 0 Å². The van der Waals surface area contributed by atoms with Crippen molar-refractivity contribution in [3.63, 3.8) is 0 Å². The summed E-state index contributed by atoms with van der Waals surface area (Å²) in [5.41, 5.74) is 0.879. The van der Waals surface area contributed by atoms with E-state index in [0.29, 0.717) is 24.3 Å². The smallest absolute Gasteiger partial charge is 0.349 e. The van der Waals surface area contributed by atoms with Gasteiger partial charge in [0, 0.05) is 12.5 Å². The molecule has 0 aliphatic heterocycles. The molecule has 0 bridgehead atoms. The Morgan fingerprint density at radius 2 is 1.93 bits per heavy atom. The fourth-order valence-electron chi connectivity index (χ4n) is 3.05. The molecule has 2 aromatic rings. The third-order valence-corrected chi connectivity index (χ3v) is 5.78. The molecule has 0 radical (unpaired) electrons. The SMILES string of the molecule is Cc1cc(C2CCC2)oc(=O)c1C(=O)NCCc1ccc(S(N)(=O)=O)cc1. The lowest BCUT2D eigenvalue weighted by Gasteiger charge is -2.24. The predicted molar refractivity (Wildman–Crippen MR) is 100 cm³/mol. The van der Waals surface area contributed by atoms with Crippen molar-refractivity contribution < 1.29 is 17.6 Å². The molecule has 1 saturated carbocycles. The molecule has 1 aliphatic rings. The second-order valence-corrected chi connectivity index (χ2v) is 8.38. The highest BCUT2D eigenvalue weighted by molar-refractivity contribution is 7.89. The molecule has 1 aliphatic carbocycles. The topological polar surface area (TPSA) is 119 Å². The Balaban J connectivity index is 1.62. The summed E-state index contributed by atoms with van der Waals surface area (Å²) >= 11 is 0. The minimum Gasteiger partial charge on any atom is -0.427 e. The van der Waals surface area contributed by atoms with E-state index in [0.717, 1.165) is 24.8 Å². The molecule has 0 spiro atoms. The summed E-state index contributed by atoms with van der Waals surface area (Å²) in [6.07, 6.45) is 3.64. The maximum absolute atomic E-state index is 12.4. The molecule has 144 valence electrons. The quantitative estimate of drug-likeness (QED) is 0.780.